The topological polar surface area (TPSA) is 77.3 Å². The van der Waals surface area contributed by atoms with Gasteiger partial charge in [0.25, 0.3) is 5.69 Å². The quantitative estimate of drug-likeness (QED) is 0.585. The number of alkyl halides is 3. The van der Waals surface area contributed by atoms with E-state index in [0.29, 0.717) is 5.56 Å². The van der Waals surface area contributed by atoms with Crippen molar-refractivity contribution in [2.24, 2.45) is 0 Å². The molecule has 0 saturated carbocycles. The summed E-state index contributed by atoms with van der Waals surface area (Å²) in [5, 5.41) is 10.9. The molecule has 0 heterocycles. The molecule has 0 bridgehead atoms. The molecule has 134 valence electrons. The van der Waals surface area contributed by atoms with Crippen molar-refractivity contribution in [1.82, 2.24) is 0 Å². The highest BCUT2D eigenvalue weighted by Crippen LogP contribution is 2.29. The van der Waals surface area contributed by atoms with E-state index in [-0.39, 0.29) is 16.8 Å². The van der Waals surface area contributed by atoms with Crippen molar-refractivity contribution in [3.63, 3.8) is 0 Å². The van der Waals surface area contributed by atoms with Gasteiger partial charge in [0.1, 0.15) is 0 Å². The van der Waals surface area contributed by atoms with Gasteiger partial charge in [0.05, 0.1) is 22.0 Å². The number of rotatable bonds is 5. The Balaban J connectivity index is 2.21. The van der Waals surface area contributed by atoms with E-state index in [4.69, 9.17) is 0 Å². The van der Waals surface area contributed by atoms with Crippen molar-refractivity contribution in [1.29, 1.82) is 0 Å². The number of nitrogens with zero attached hydrogens (tertiary/aromatic N) is 1. The Labute approximate surface area is 142 Å². The van der Waals surface area contributed by atoms with Crippen LogP contribution in [0.3, 0.4) is 0 Å². The summed E-state index contributed by atoms with van der Waals surface area (Å²) < 4.78 is 62.1. The van der Waals surface area contributed by atoms with Gasteiger partial charge >= 0.3 is 6.18 Å². The number of benzene rings is 2. The molecule has 0 N–H and O–H groups in total. The summed E-state index contributed by atoms with van der Waals surface area (Å²) in [5.74, 6) is -0.880. The summed E-state index contributed by atoms with van der Waals surface area (Å²) >= 11 is 0. The van der Waals surface area contributed by atoms with Crippen molar-refractivity contribution in [2.45, 2.75) is 24.6 Å². The van der Waals surface area contributed by atoms with Crippen LogP contribution >= 0.6 is 0 Å². The number of hydrogen-bond donors (Lipinski definition) is 0. The molecule has 0 aromatic heterocycles. The molecule has 0 atom stereocenters. The van der Waals surface area contributed by atoms with Gasteiger partial charge in [-0.15, -0.1) is 0 Å². The van der Waals surface area contributed by atoms with Crippen molar-refractivity contribution < 1.29 is 26.5 Å². The SMILES string of the molecule is Cc1c(CS(=O)(=O)Cc2ccc(C(F)(F)F)cc2)cccc1[N+](=O)[O-]. The van der Waals surface area contributed by atoms with E-state index >= 15 is 0 Å². The van der Waals surface area contributed by atoms with Gasteiger partial charge in [0.2, 0.25) is 0 Å². The standard InChI is InChI=1S/C16H14F3NO4S/c1-11-13(3-2-4-15(11)20(21)22)10-25(23,24)9-12-5-7-14(8-6-12)16(17,18)19/h2-8H,9-10H2,1H3. The van der Waals surface area contributed by atoms with Gasteiger partial charge in [0.15, 0.2) is 9.84 Å². The minimum atomic E-state index is -4.49. The third-order valence-electron chi connectivity index (χ3n) is 3.66. The molecule has 5 nitrogen and oxygen atoms in total. The van der Waals surface area contributed by atoms with Gasteiger partial charge in [-0.1, -0.05) is 24.3 Å². The second kappa shape index (κ2) is 6.83. The highest BCUT2D eigenvalue weighted by atomic mass is 32.2. The van der Waals surface area contributed by atoms with Crippen LogP contribution in [-0.2, 0) is 27.5 Å². The van der Waals surface area contributed by atoms with Crippen molar-refractivity contribution in [3.8, 4) is 0 Å². The van der Waals surface area contributed by atoms with Crippen LogP contribution in [0.4, 0.5) is 18.9 Å². The number of halogens is 3. The van der Waals surface area contributed by atoms with Crippen LogP contribution in [0.1, 0.15) is 22.3 Å². The number of nitro groups is 1. The first-order valence-electron chi connectivity index (χ1n) is 7.09. The summed E-state index contributed by atoms with van der Waals surface area (Å²) in [6.45, 7) is 1.46. The van der Waals surface area contributed by atoms with E-state index in [1.807, 2.05) is 0 Å². The average Bonchev–Trinajstić information content (AvgIpc) is 2.48. The van der Waals surface area contributed by atoms with E-state index in [2.05, 4.69) is 0 Å². The predicted octanol–water partition coefficient (Wildman–Crippen LogP) is 4.04. The molecule has 0 spiro atoms. The first-order chi connectivity index (χ1) is 11.5. The molecule has 2 aromatic carbocycles. The van der Waals surface area contributed by atoms with Crippen LogP contribution in [0.15, 0.2) is 42.5 Å². The van der Waals surface area contributed by atoms with Crippen molar-refractivity contribution in [2.75, 3.05) is 0 Å². The van der Waals surface area contributed by atoms with E-state index in [1.165, 1.54) is 25.1 Å². The monoisotopic (exact) mass is 373 g/mol. The Morgan fingerprint density at radius 2 is 1.64 bits per heavy atom. The molecule has 0 saturated heterocycles. The van der Waals surface area contributed by atoms with Gasteiger partial charge in [-0.3, -0.25) is 10.1 Å². The first-order valence-corrected chi connectivity index (χ1v) is 8.91. The van der Waals surface area contributed by atoms with Crippen molar-refractivity contribution in [3.05, 3.63) is 74.8 Å². The lowest BCUT2D eigenvalue weighted by molar-refractivity contribution is -0.385. The summed E-state index contributed by atoms with van der Waals surface area (Å²) in [7, 11) is -3.70. The van der Waals surface area contributed by atoms with Crippen LogP contribution in [-0.4, -0.2) is 13.3 Å². The highest BCUT2D eigenvalue weighted by molar-refractivity contribution is 7.89. The van der Waals surface area contributed by atoms with Crippen LogP contribution in [0, 0.1) is 17.0 Å². The lowest BCUT2D eigenvalue weighted by Crippen LogP contribution is -2.10. The molecule has 0 amide bonds. The number of sulfone groups is 1. The summed E-state index contributed by atoms with van der Waals surface area (Å²) in [6, 6.07) is 8.02. The van der Waals surface area contributed by atoms with E-state index in [0.717, 1.165) is 24.3 Å². The van der Waals surface area contributed by atoms with Gasteiger partial charge in [-0.05, 0) is 30.2 Å². The molecule has 0 fully saturated rings. The van der Waals surface area contributed by atoms with Gasteiger partial charge in [0, 0.05) is 11.6 Å². The summed E-state index contributed by atoms with van der Waals surface area (Å²) in [5.41, 5.74) is -0.272. The molecule has 0 radical (unpaired) electrons. The van der Waals surface area contributed by atoms with E-state index in [9.17, 15) is 31.7 Å². The van der Waals surface area contributed by atoms with Crippen LogP contribution in [0.2, 0.25) is 0 Å². The molecular weight excluding hydrogens is 359 g/mol. The van der Waals surface area contributed by atoms with E-state index < -0.39 is 38.0 Å². The maximum Gasteiger partial charge on any atom is 0.416 e. The van der Waals surface area contributed by atoms with Gasteiger partial charge < -0.3 is 0 Å². The Kier molecular flexibility index (Phi) is 5.17. The Morgan fingerprint density at radius 3 is 2.16 bits per heavy atom. The molecule has 0 aliphatic rings. The van der Waals surface area contributed by atoms with Crippen LogP contribution in [0.25, 0.3) is 0 Å². The molecule has 2 rings (SSSR count). The molecule has 9 heteroatoms. The summed E-state index contributed by atoms with van der Waals surface area (Å²) in [4.78, 5) is 10.3. The van der Waals surface area contributed by atoms with Gasteiger partial charge in [-0.2, -0.15) is 13.2 Å². The molecule has 2 aromatic rings. The minimum Gasteiger partial charge on any atom is -0.258 e. The molecular formula is C16H14F3NO4S. The van der Waals surface area contributed by atoms with Crippen LogP contribution < -0.4 is 0 Å². The normalized spacial score (nSPS) is 12.2. The fourth-order valence-corrected chi connectivity index (χ4v) is 3.94. The first kappa shape index (κ1) is 18.9. The highest BCUT2D eigenvalue weighted by Gasteiger charge is 2.30. The maximum absolute atomic E-state index is 12.5. The lowest BCUT2D eigenvalue weighted by atomic mass is 10.1. The van der Waals surface area contributed by atoms with Gasteiger partial charge in [-0.25, -0.2) is 8.42 Å². The molecule has 25 heavy (non-hydrogen) atoms. The number of hydrogen-bond acceptors (Lipinski definition) is 4. The Bertz CT molecular complexity index is 891. The zero-order valence-electron chi connectivity index (χ0n) is 13.1. The fourth-order valence-electron chi connectivity index (χ4n) is 2.36. The zero-order valence-corrected chi connectivity index (χ0v) is 13.9. The van der Waals surface area contributed by atoms with Crippen LogP contribution in [0.5, 0.6) is 0 Å². The average molecular weight is 373 g/mol. The largest absolute Gasteiger partial charge is 0.416 e. The lowest BCUT2D eigenvalue weighted by Gasteiger charge is -2.09. The second-order valence-corrected chi connectivity index (χ2v) is 7.61. The van der Waals surface area contributed by atoms with Crippen molar-refractivity contribution >= 4 is 15.5 Å². The minimum absolute atomic E-state index is 0.178. The third-order valence-corrected chi connectivity index (χ3v) is 5.18. The second-order valence-electron chi connectivity index (χ2n) is 5.55. The number of nitro benzene ring substituents is 1. The molecule has 0 aliphatic carbocycles. The Morgan fingerprint density at radius 1 is 1.04 bits per heavy atom. The summed E-state index contributed by atoms with van der Waals surface area (Å²) in [6.07, 6.45) is -4.49. The third kappa shape index (κ3) is 4.79. The smallest absolute Gasteiger partial charge is 0.258 e. The molecule has 0 unspecified atom stereocenters. The predicted molar refractivity (Wildman–Crippen MR) is 85.6 cm³/mol. The zero-order chi connectivity index (χ0) is 18.8. The van der Waals surface area contributed by atoms with E-state index in [1.54, 1.807) is 0 Å². The molecule has 0 aliphatic heterocycles. The Hall–Kier alpha value is -2.42. The fraction of sp³-hybridized carbons (Fsp3) is 0.250. The maximum atomic E-state index is 12.5.